The smallest absolute Gasteiger partial charge is 0.286 e. The van der Waals surface area contributed by atoms with E-state index in [1.165, 1.54) is 6.07 Å². The minimum Gasteiger partial charge on any atom is -0.350 e. The van der Waals surface area contributed by atoms with Crippen molar-refractivity contribution in [1.82, 2.24) is 5.32 Å². The lowest BCUT2D eigenvalue weighted by Crippen LogP contribution is -2.35. The van der Waals surface area contributed by atoms with Crippen molar-refractivity contribution in [3.63, 3.8) is 0 Å². The van der Waals surface area contributed by atoms with E-state index < -0.39 is 10.0 Å². The van der Waals surface area contributed by atoms with Crippen LogP contribution in [0.25, 0.3) is 0 Å². The van der Waals surface area contributed by atoms with E-state index >= 15 is 0 Å². The average Bonchev–Trinajstić information content (AvgIpc) is 2.54. The highest BCUT2D eigenvalue weighted by atomic mass is 32.2. The lowest BCUT2D eigenvalue weighted by molar-refractivity contribution is 0.0938. The molecule has 0 bridgehead atoms. The number of unbranched alkanes of at least 4 members (excludes halogenated alkanes) is 1. The third-order valence-corrected chi connectivity index (χ3v) is 5.66. The molecule has 1 atom stereocenters. The molecule has 1 N–H and O–H groups in total. The summed E-state index contributed by atoms with van der Waals surface area (Å²) in [6.07, 6.45) is 3.79. The summed E-state index contributed by atoms with van der Waals surface area (Å²) in [7, 11) is -3.78. The molecule has 1 aromatic carbocycles. The van der Waals surface area contributed by atoms with E-state index in [1.54, 1.807) is 19.1 Å². The van der Waals surface area contributed by atoms with Crippen molar-refractivity contribution in [1.29, 1.82) is 0 Å². The molecule has 0 saturated carbocycles. The second kappa shape index (κ2) is 7.99. The molecule has 25 heavy (non-hydrogen) atoms. The van der Waals surface area contributed by atoms with Crippen LogP contribution in [-0.2, 0) is 10.0 Å². The number of carbonyl (C=O) groups excluding carboxylic acids is 1. The second-order valence-corrected chi connectivity index (χ2v) is 8.04. The third kappa shape index (κ3) is 4.39. The zero-order chi connectivity index (χ0) is 18.6. The number of sulfonamides is 1. The molecular weight excluding hydrogens is 338 g/mol. The van der Waals surface area contributed by atoms with Gasteiger partial charge in [-0.15, -0.1) is 4.40 Å². The highest BCUT2D eigenvalue weighted by molar-refractivity contribution is 7.90. The van der Waals surface area contributed by atoms with E-state index in [2.05, 4.69) is 23.6 Å². The molecule has 1 aliphatic heterocycles. The first-order valence-electron chi connectivity index (χ1n) is 8.84. The molecule has 1 unspecified atom stereocenters. The lowest BCUT2D eigenvalue weighted by Gasteiger charge is -2.29. The van der Waals surface area contributed by atoms with Gasteiger partial charge in [0.25, 0.3) is 15.9 Å². The highest BCUT2D eigenvalue weighted by Gasteiger charge is 2.29. The molecule has 1 aliphatic rings. The minimum atomic E-state index is -3.78. The van der Waals surface area contributed by atoms with Crippen LogP contribution in [0.4, 0.5) is 5.69 Å². The number of amides is 1. The number of benzene rings is 1. The zero-order valence-electron chi connectivity index (χ0n) is 15.4. The lowest BCUT2D eigenvalue weighted by atomic mass is 10.1. The number of hydrogen-bond acceptors (Lipinski definition) is 4. The van der Waals surface area contributed by atoms with Crippen LogP contribution >= 0.6 is 0 Å². The fraction of sp³-hybridized carbons (Fsp3) is 0.556. The van der Waals surface area contributed by atoms with Crippen LogP contribution in [0.5, 0.6) is 0 Å². The third-order valence-electron chi connectivity index (χ3n) is 4.27. The Balaban J connectivity index is 2.36. The number of nitrogens with one attached hydrogen (secondary N) is 1. The molecular formula is C18H27N3O3S. The Labute approximate surface area is 150 Å². The number of amidine groups is 1. The molecule has 1 heterocycles. The fourth-order valence-electron chi connectivity index (χ4n) is 2.94. The van der Waals surface area contributed by atoms with Gasteiger partial charge in [0.05, 0.1) is 5.69 Å². The Morgan fingerprint density at radius 1 is 1.28 bits per heavy atom. The number of carbonyl (C=O) groups is 1. The summed E-state index contributed by atoms with van der Waals surface area (Å²) in [5, 5.41) is 2.90. The first-order valence-corrected chi connectivity index (χ1v) is 10.3. The van der Waals surface area contributed by atoms with Crippen molar-refractivity contribution in [2.24, 2.45) is 4.40 Å². The normalized spacial score (nSPS) is 16.8. The van der Waals surface area contributed by atoms with Gasteiger partial charge in [0.1, 0.15) is 10.7 Å². The Kier molecular flexibility index (Phi) is 6.21. The SMILES string of the molecule is CCCCN1C(C)=NS(=O)(=O)c2cc(C(=O)NC(C)CCC)ccc21. The molecule has 138 valence electrons. The maximum atomic E-state index is 12.5. The van der Waals surface area contributed by atoms with E-state index in [0.29, 0.717) is 23.6 Å². The van der Waals surface area contributed by atoms with Crippen LogP contribution in [-0.4, -0.2) is 32.7 Å². The predicted molar refractivity (Wildman–Crippen MR) is 101 cm³/mol. The molecule has 7 heteroatoms. The van der Waals surface area contributed by atoms with Crippen LogP contribution < -0.4 is 10.2 Å². The van der Waals surface area contributed by atoms with Gasteiger partial charge in [-0.1, -0.05) is 26.7 Å². The van der Waals surface area contributed by atoms with E-state index in [9.17, 15) is 13.2 Å². The molecule has 2 rings (SSSR count). The van der Waals surface area contributed by atoms with Crippen LogP contribution in [0.2, 0.25) is 0 Å². The van der Waals surface area contributed by atoms with Gasteiger partial charge in [0, 0.05) is 18.2 Å². The molecule has 0 saturated heterocycles. The molecule has 0 spiro atoms. The summed E-state index contributed by atoms with van der Waals surface area (Å²) in [5.74, 6) is 0.208. The summed E-state index contributed by atoms with van der Waals surface area (Å²) < 4.78 is 28.8. The van der Waals surface area contributed by atoms with Crippen molar-refractivity contribution in [2.75, 3.05) is 11.4 Å². The van der Waals surface area contributed by atoms with Crippen molar-refractivity contribution in [3.8, 4) is 0 Å². The van der Waals surface area contributed by atoms with Crippen molar-refractivity contribution < 1.29 is 13.2 Å². The van der Waals surface area contributed by atoms with Gasteiger partial charge in [-0.25, -0.2) is 0 Å². The summed E-state index contributed by atoms with van der Waals surface area (Å²) in [6, 6.07) is 4.87. The van der Waals surface area contributed by atoms with Gasteiger partial charge < -0.3 is 10.2 Å². The average molecular weight is 365 g/mol. The van der Waals surface area contributed by atoms with Gasteiger partial charge in [-0.05, 0) is 44.9 Å². The van der Waals surface area contributed by atoms with Crippen molar-refractivity contribution in [3.05, 3.63) is 23.8 Å². The summed E-state index contributed by atoms with van der Waals surface area (Å²) >= 11 is 0. The summed E-state index contributed by atoms with van der Waals surface area (Å²) in [5.41, 5.74) is 0.939. The fourth-order valence-corrected chi connectivity index (χ4v) is 4.21. The maximum absolute atomic E-state index is 12.5. The largest absolute Gasteiger partial charge is 0.350 e. The van der Waals surface area contributed by atoms with Gasteiger partial charge >= 0.3 is 0 Å². The maximum Gasteiger partial charge on any atom is 0.286 e. The van der Waals surface area contributed by atoms with Gasteiger partial charge in [0.15, 0.2) is 0 Å². The molecule has 0 aliphatic carbocycles. The summed E-state index contributed by atoms with van der Waals surface area (Å²) in [6.45, 7) is 8.48. The topological polar surface area (TPSA) is 78.8 Å². The van der Waals surface area contributed by atoms with Crippen LogP contribution in [0, 0.1) is 0 Å². The molecule has 1 amide bonds. The molecule has 0 aromatic heterocycles. The first-order chi connectivity index (χ1) is 11.8. The monoisotopic (exact) mass is 365 g/mol. The Hall–Kier alpha value is -1.89. The molecule has 1 aromatic rings. The van der Waals surface area contributed by atoms with E-state index in [0.717, 1.165) is 25.7 Å². The van der Waals surface area contributed by atoms with Crippen LogP contribution in [0.15, 0.2) is 27.5 Å². The Morgan fingerprint density at radius 2 is 2.00 bits per heavy atom. The zero-order valence-corrected chi connectivity index (χ0v) is 16.2. The quantitative estimate of drug-likeness (QED) is 0.804. The number of nitrogens with zero attached hydrogens (tertiary/aromatic N) is 2. The van der Waals surface area contributed by atoms with Gasteiger partial charge in [0.2, 0.25) is 0 Å². The number of anilines is 1. The predicted octanol–water partition coefficient (Wildman–Crippen LogP) is 3.33. The van der Waals surface area contributed by atoms with E-state index in [1.807, 2.05) is 11.8 Å². The number of rotatable bonds is 7. The molecule has 0 fully saturated rings. The van der Waals surface area contributed by atoms with Gasteiger partial charge in [-0.2, -0.15) is 8.42 Å². The number of hydrogen-bond donors (Lipinski definition) is 1. The summed E-state index contributed by atoms with van der Waals surface area (Å²) in [4.78, 5) is 14.4. The van der Waals surface area contributed by atoms with E-state index in [-0.39, 0.29) is 16.8 Å². The second-order valence-electron chi connectivity index (χ2n) is 6.46. The Bertz CT molecular complexity index is 772. The Morgan fingerprint density at radius 3 is 2.64 bits per heavy atom. The van der Waals surface area contributed by atoms with Crippen LogP contribution in [0.3, 0.4) is 0 Å². The highest BCUT2D eigenvalue weighted by Crippen LogP contribution is 2.32. The van der Waals surface area contributed by atoms with Gasteiger partial charge in [-0.3, -0.25) is 4.79 Å². The molecule has 0 radical (unpaired) electrons. The van der Waals surface area contributed by atoms with Crippen molar-refractivity contribution in [2.45, 2.75) is 64.3 Å². The van der Waals surface area contributed by atoms with Crippen molar-refractivity contribution >= 4 is 27.5 Å². The first kappa shape index (κ1) is 19.4. The van der Waals surface area contributed by atoms with Crippen LogP contribution in [0.1, 0.15) is 63.7 Å². The van der Waals surface area contributed by atoms with E-state index in [4.69, 9.17) is 0 Å². The standard InChI is InChI=1S/C18H27N3O3S/c1-5-7-11-21-14(4)20-25(23,24)17-12-15(9-10-16(17)21)18(22)19-13(3)8-6-2/h9-10,12-13H,5-8,11H2,1-4H3,(H,19,22). The minimum absolute atomic E-state index is 0.0476. The number of fused-ring (bicyclic) bond motifs is 1. The molecule has 6 nitrogen and oxygen atoms in total.